The fourth-order valence-corrected chi connectivity index (χ4v) is 3.77. The highest BCUT2D eigenvalue weighted by molar-refractivity contribution is 9.10. The van der Waals surface area contributed by atoms with Crippen LogP contribution in [0.2, 0.25) is 0 Å². The van der Waals surface area contributed by atoms with Gasteiger partial charge < -0.3 is 5.11 Å². The van der Waals surface area contributed by atoms with Crippen LogP contribution in [-0.4, -0.2) is 14.9 Å². The Morgan fingerprint density at radius 3 is 2.71 bits per heavy atom. The normalized spacial score (nSPS) is 19.6. The van der Waals surface area contributed by atoms with Crippen molar-refractivity contribution in [1.82, 2.24) is 9.78 Å². The van der Waals surface area contributed by atoms with Gasteiger partial charge in [-0.15, -0.1) is 0 Å². The van der Waals surface area contributed by atoms with E-state index in [2.05, 4.69) is 59.1 Å². The van der Waals surface area contributed by atoms with E-state index in [1.807, 2.05) is 4.68 Å². The van der Waals surface area contributed by atoms with E-state index in [0.29, 0.717) is 0 Å². The third-order valence-electron chi connectivity index (χ3n) is 4.39. The van der Waals surface area contributed by atoms with Crippen LogP contribution in [0, 0.1) is 5.92 Å². The van der Waals surface area contributed by atoms with Crippen molar-refractivity contribution in [2.45, 2.75) is 45.3 Å². The fraction of sp³-hybridized carbons (Fsp3) is 0.471. The number of aliphatic hydroxyl groups is 1. The lowest BCUT2D eigenvalue weighted by molar-refractivity contribution is 0.0887. The average molecular weight is 349 g/mol. The Hall–Kier alpha value is -1.13. The first-order chi connectivity index (χ1) is 10.1. The molecule has 0 saturated carbocycles. The topological polar surface area (TPSA) is 38.0 Å². The second-order valence-electron chi connectivity index (χ2n) is 6.13. The first-order valence-electron chi connectivity index (χ1n) is 7.55. The summed E-state index contributed by atoms with van der Waals surface area (Å²) in [6.45, 7) is 4.18. The van der Waals surface area contributed by atoms with E-state index < -0.39 is 6.10 Å². The van der Waals surface area contributed by atoms with Crippen molar-refractivity contribution >= 4 is 15.9 Å². The predicted octanol–water partition coefficient (Wildman–Crippen LogP) is 4.07. The maximum absolute atomic E-state index is 10.9. The molecule has 1 heterocycles. The number of fused-ring (bicyclic) bond motifs is 1. The molecule has 3 nitrogen and oxygen atoms in total. The number of rotatable bonds is 3. The van der Waals surface area contributed by atoms with Gasteiger partial charge in [0.2, 0.25) is 0 Å². The lowest BCUT2D eigenvalue weighted by atomic mass is 9.80. The monoisotopic (exact) mass is 348 g/mol. The van der Waals surface area contributed by atoms with E-state index >= 15 is 0 Å². The smallest absolute Gasteiger partial charge is 0.0999 e. The number of hydrogen-bond acceptors (Lipinski definition) is 2. The van der Waals surface area contributed by atoms with Crippen molar-refractivity contribution in [2.24, 2.45) is 5.92 Å². The number of halogens is 1. The number of benzene rings is 1. The van der Waals surface area contributed by atoms with Gasteiger partial charge in [-0.2, -0.15) is 5.10 Å². The summed E-state index contributed by atoms with van der Waals surface area (Å²) in [4.78, 5) is 0. The summed E-state index contributed by atoms with van der Waals surface area (Å²) >= 11 is 3.54. The number of aliphatic hydroxyl groups excluding tert-OH is 1. The Morgan fingerprint density at radius 1 is 1.29 bits per heavy atom. The minimum atomic E-state index is -0.474. The predicted molar refractivity (Wildman–Crippen MR) is 87.2 cm³/mol. The van der Waals surface area contributed by atoms with E-state index in [-0.39, 0.29) is 12.0 Å². The molecule has 1 N–H and O–H groups in total. The average Bonchev–Trinajstić information content (AvgIpc) is 2.88. The van der Waals surface area contributed by atoms with Crippen LogP contribution in [0.4, 0.5) is 0 Å². The van der Waals surface area contributed by atoms with E-state index in [9.17, 15) is 5.11 Å². The van der Waals surface area contributed by atoms with Crippen LogP contribution >= 0.6 is 15.9 Å². The van der Waals surface area contributed by atoms with E-state index in [1.165, 1.54) is 11.1 Å². The summed E-state index contributed by atoms with van der Waals surface area (Å²) in [6.07, 6.45) is 4.32. The molecular weight excluding hydrogens is 328 g/mol. The lowest BCUT2D eigenvalue weighted by Crippen LogP contribution is -2.24. The number of aryl methyl sites for hydroxylation is 1. The third kappa shape index (κ3) is 2.79. The van der Waals surface area contributed by atoms with Gasteiger partial charge in [0.15, 0.2) is 0 Å². The van der Waals surface area contributed by atoms with Gasteiger partial charge >= 0.3 is 0 Å². The molecule has 0 amide bonds. The number of nitrogens with zero attached hydrogens (tertiary/aromatic N) is 2. The summed E-state index contributed by atoms with van der Waals surface area (Å²) in [6, 6.07) is 8.81. The highest BCUT2D eigenvalue weighted by Crippen LogP contribution is 2.37. The maximum atomic E-state index is 10.9. The van der Waals surface area contributed by atoms with Crippen LogP contribution in [0.1, 0.15) is 49.2 Å². The molecule has 0 radical (unpaired) electrons. The van der Waals surface area contributed by atoms with Gasteiger partial charge in [0, 0.05) is 6.04 Å². The van der Waals surface area contributed by atoms with Crippen molar-refractivity contribution in [1.29, 1.82) is 0 Å². The molecule has 2 atom stereocenters. The largest absolute Gasteiger partial charge is 0.386 e. The molecule has 1 aliphatic rings. The van der Waals surface area contributed by atoms with Gasteiger partial charge in [0.25, 0.3) is 0 Å². The molecular formula is C17H21BrN2O. The summed E-state index contributed by atoms with van der Waals surface area (Å²) in [5.74, 6) is 0.255. The van der Waals surface area contributed by atoms with Gasteiger partial charge in [-0.25, -0.2) is 0 Å². The molecule has 2 aromatic rings. The molecule has 0 saturated heterocycles. The second-order valence-corrected chi connectivity index (χ2v) is 6.99. The van der Waals surface area contributed by atoms with Crippen LogP contribution in [-0.2, 0) is 12.8 Å². The molecule has 3 rings (SSSR count). The molecule has 2 unspecified atom stereocenters. The maximum Gasteiger partial charge on any atom is 0.0999 e. The number of aromatic nitrogens is 2. The SMILES string of the molecule is CC(C)n1ncc(Br)c1C(O)C1CCc2ccccc2C1. The van der Waals surface area contributed by atoms with Crippen molar-refractivity contribution in [3.8, 4) is 0 Å². The Bertz CT molecular complexity index is 635. The molecule has 0 aliphatic heterocycles. The van der Waals surface area contributed by atoms with E-state index in [0.717, 1.165) is 29.4 Å². The van der Waals surface area contributed by atoms with Crippen LogP contribution in [0.15, 0.2) is 34.9 Å². The zero-order valence-electron chi connectivity index (χ0n) is 12.5. The first kappa shape index (κ1) is 14.8. The summed E-state index contributed by atoms with van der Waals surface area (Å²) in [7, 11) is 0. The van der Waals surface area contributed by atoms with Gasteiger partial charge in [-0.1, -0.05) is 24.3 Å². The zero-order valence-corrected chi connectivity index (χ0v) is 14.0. The third-order valence-corrected chi connectivity index (χ3v) is 5.00. The van der Waals surface area contributed by atoms with Gasteiger partial charge in [-0.05, 0) is 66.1 Å². The number of hydrogen-bond donors (Lipinski definition) is 1. The van der Waals surface area contributed by atoms with E-state index in [4.69, 9.17) is 0 Å². The molecule has 21 heavy (non-hydrogen) atoms. The lowest BCUT2D eigenvalue weighted by Gasteiger charge is -2.29. The van der Waals surface area contributed by atoms with Gasteiger partial charge in [0.05, 0.1) is 22.5 Å². The molecule has 0 fully saturated rings. The van der Waals surface area contributed by atoms with Crippen LogP contribution in [0.25, 0.3) is 0 Å². The van der Waals surface area contributed by atoms with Crippen LogP contribution < -0.4 is 0 Å². The molecule has 1 aromatic carbocycles. The Kier molecular flexibility index (Phi) is 4.18. The van der Waals surface area contributed by atoms with Crippen molar-refractivity contribution < 1.29 is 5.11 Å². The van der Waals surface area contributed by atoms with Crippen molar-refractivity contribution in [2.75, 3.05) is 0 Å². The van der Waals surface area contributed by atoms with E-state index in [1.54, 1.807) is 6.20 Å². The van der Waals surface area contributed by atoms with Crippen molar-refractivity contribution in [3.05, 3.63) is 51.8 Å². The zero-order chi connectivity index (χ0) is 15.0. The minimum Gasteiger partial charge on any atom is -0.386 e. The van der Waals surface area contributed by atoms with Gasteiger partial charge in [-0.3, -0.25) is 4.68 Å². The summed E-state index contributed by atoms with van der Waals surface area (Å²) in [5.41, 5.74) is 3.71. The molecule has 1 aliphatic carbocycles. The standard InChI is InChI=1S/C17H21BrN2O/c1-11(2)20-16(15(18)10-19-20)17(21)14-8-7-12-5-3-4-6-13(12)9-14/h3-6,10-11,14,17,21H,7-9H2,1-2H3. The first-order valence-corrected chi connectivity index (χ1v) is 8.35. The molecule has 0 bridgehead atoms. The molecule has 4 heteroatoms. The molecule has 112 valence electrons. The van der Waals surface area contributed by atoms with Crippen LogP contribution in [0.5, 0.6) is 0 Å². The minimum absolute atomic E-state index is 0.247. The summed E-state index contributed by atoms with van der Waals surface area (Å²) < 4.78 is 2.83. The quantitative estimate of drug-likeness (QED) is 0.907. The van der Waals surface area contributed by atoms with Crippen LogP contribution in [0.3, 0.4) is 0 Å². The Balaban J connectivity index is 1.87. The van der Waals surface area contributed by atoms with Crippen molar-refractivity contribution in [3.63, 3.8) is 0 Å². The highest BCUT2D eigenvalue weighted by Gasteiger charge is 2.30. The fourth-order valence-electron chi connectivity index (χ4n) is 3.26. The highest BCUT2D eigenvalue weighted by atomic mass is 79.9. The Morgan fingerprint density at radius 2 is 2.00 bits per heavy atom. The molecule has 0 spiro atoms. The summed E-state index contributed by atoms with van der Waals surface area (Å²) in [5, 5.41) is 15.3. The Labute approximate surface area is 134 Å². The molecule has 1 aromatic heterocycles. The van der Waals surface area contributed by atoms with Gasteiger partial charge in [0.1, 0.15) is 0 Å². The second kappa shape index (κ2) is 5.93.